The highest BCUT2D eigenvalue weighted by Gasteiger charge is 2.18. The Bertz CT molecular complexity index is 1260. The van der Waals surface area contributed by atoms with Crippen LogP contribution < -0.4 is 5.32 Å². The molecule has 0 atom stereocenters. The number of nitrogens with zero attached hydrogens (tertiary/aromatic N) is 3. The van der Waals surface area contributed by atoms with Crippen molar-refractivity contribution in [3.05, 3.63) is 87.0 Å². The molecule has 2 N–H and O–H groups in total. The Morgan fingerprint density at radius 1 is 1.13 bits per heavy atom. The summed E-state index contributed by atoms with van der Waals surface area (Å²) in [5.74, 6) is -0.684. The number of amides is 1. The SMILES string of the molecule is Cc1nn(Cc2ccc(Cl)cc2Cl)c(C)c1NC(=O)c1cc(-c2ccc(F)cc2)n[nH]1. The lowest BCUT2D eigenvalue weighted by molar-refractivity contribution is 0.102. The first kappa shape index (κ1) is 21.1. The molecule has 0 aliphatic carbocycles. The summed E-state index contributed by atoms with van der Waals surface area (Å²) in [6, 6.07) is 12.8. The van der Waals surface area contributed by atoms with Crippen molar-refractivity contribution in [1.29, 1.82) is 0 Å². The van der Waals surface area contributed by atoms with Crippen molar-refractivity contribution in [3.63, 3.8) is 0 Å². The Balaban J connectivity index is 1.53. The van der Waals surface area contributed by atoms with Gasteiger partial charge >= 0.3 is 0 Å². The fraction of sp³-hybridized carbons (Fsp3) is 0.136. The number of hydrogen-bond acceptors (Lipinski definition) is 3. The molecule has 2 aromatic heterocycles. The van der Waals surface area contributed by atoms with Crippen molar-refractivity contribution in [3.8, 4) is 11.3 Å². The Hall–Kier alpha value is -3.16. The molecule has 2 heterocycles. The van der Waals surface area contributed by atoms with Gasteiger partial charge in [-0.25, -0.2) is 4.39 Å². The van der Waals surface area contributed by atoms with Gasteiger partial charge in [-0.3, -0.25) is 14.6 Å². The Morgan fingerprint density at radius 2 is 1.87 bits per heavy atom. The summed E-state index contributed by atoms with van der Waals surface area (Å²) in [5.41, 5.74) is 4.49. The standard InChI is InChI=1S/C22H18Cl2FN5O/c1-12-21(13(2)30(29-12)11-15-3-6-16(23)9-18(15)24)26-22(31)20-10-19(27-28-20)14-4-7-17(25)8-5-14/h3-10H,11H2,1-2H3,(H,26,31)(H,27,28). The summed E-state index contributed by atoms with van der Waals surface area (Å²) in [4.78, 5) is 12.8. The molecule has 0 unspecified atom stereocenters. The zero-order chi connectivity index (χ0) is 22.1. The number of aromatic nitrogens is 4. The van der Waals surface area contributed by atoms with Gasteiger partial charge in [-0.05, 0) is 61.9 Å². The molecule has 0 spiro atoms. The van der Waals surface area contributed by atoms with E-state index >= 15 is 0 Å². The maximum Gasteiger partial charge on any atom is 0.273 e. The predicted octanol–water partition coefficient (Wildman–Crippen LogP) is 5.64. The first-order chi connectivity index (χ1) is 14.8. The number of aromatic amines is 1. The monoisotopic (exact) mass is 457 g/mol. The van der Waals surface area contributed by atoms with Crippen LogP contribution in [0.4, 0.5) is 10.1 Å². The minimum absolute atomic E-state index is 0.284. The quantitative estimate of drug-likeness (QED) is 0.407. The second kappa shape index (κ2) is 8.53. The number of carbonyl (C=O) groups excluding carboxylic acids is 1. The third kappa shape index (κ3) is 4.47. The van der Waals surface area contributed by atoms with Gasteiger partial charge in [0.2, 0.25) is 0 Å². The molecule has 4 rings (SSSR count). The molecule has 2 aromatic carbocycles. The van der Waals surface area contributed by atoms with Crippen LogP contribution in [0.1, 0.15) is 27.4 Å². The van der Waals surface area contributed by atoms with Crippen molar-refractivity contribution in [2.75, 3.05) is 5.32 Å². The van der Waals surface area contributed by atoms with E-state index in [-0.39, 0.29) is 17.4 Å². The summed E-state index contributed by atoms with van der Waals surface area (Å²) in [6.45, 7) is 4.13. The van der Waals surface area contributed by atoms with E-state index in [2.05, 4.69) is 20.6 Å². The number of benzene rings is 2. The van der Waals surface area contributed by atoms with Crippen molar-refractivity contribution in [1.82, 2.24) is 20.0 Å². The normalized spacial score (nSPS) is 11.0. The molecule has 0 bridgehead atoms. The molecule has 0 aliphatic heterocycles. The second-order valence-corrected chi connectivity index (χ2v) is 7.91. The molecule has 0 saturated carbocycles. The molecule has 158 valence electrons. The average molecular weight is 458 g/mol. The highest BCUT2D eigenvalue weighted by Crippen LogP contribution is 2.26. The number of aryl methyl sites for hydroxylation is 1. The lowest BCUT2D eigenvalue weighted by Gasteiger charge is -2.08. The van der Waals surface area contributed by atoms with Gasteiger partial charge in [-0.2, -0.15) is 10.2 Å². The van der Waals surface area contributed by atoms with Crippen LogP contribution >= 0.6 is 23.2 Å². The molecule has 31 heavy (non-hydrogen) atoms. The van der Waals surface area contributed by atoms with E-state index in [1.54, 1.807) is 35.0 Å². The Morgan fingerprint density at radius 3 is 2.58 bits per heavy atom. The van der Waals surface area contributed by atoms with Crippen LogP contribution in [0.5, 0.6) is 0 Å². The van der Waals surface area contributed by atoms with E-state index in [0.717, 1.165) is 11.3 Å². The first-order valence-corrected chi connectivity index (χ1v) is 10.2. The number of nitrogens with one attached hydrogen (secondary N) is 2. The van der Waals surface area contributed by atoms with Gasteiger partial charge in [-0.1, -0.05) is 29.3 Å². The van der Waals surface area contributed by atoms with E-state index in [1.807, 2.05) is 19.9 Å². The number of hydrogen-bond donors (Lipinski definition) is 2. The van der Waals surface area contributed by atoms with E-state index in [0.29, 0.717) is 39.2 Å². The second-order valence-electron chi connectivity index (χ2n) is 7.07. The van der Waals surface area contributed by atoms with Gasteiger partial charge in [0.15, 0.2) is 0 Å². The fourth-order valence-electron chi connectivity index (χ4n) is 3.23. The van der Waals surface area contributed by atoms with Crippen LogP contribution in [-0.2, 0) is 6.54 Å². The Labute approximate surface area is 188 Å². The molecule has 0 saturated heterocycles. The summed E-state index contributed by atoms with van der Waals surface area (Å²) in [7, 11) is 0. The molecular formula is C22H18Cl2FN5O. The van der Waals surface area contributed by atoms with Crippen LogP contribution in [0.25, 0.3) is 11.3 Å². The van der Waals surface area contributed by atoms with E-state index in [4.69, 9.17) is 23.2 Å². The number of H-pyrrole nitrogens is 1. The third-order valence-corrected chi connectivity index (χ3v) is 5.50. The minimum Gasteiger partial charge on any atom is -0.318 e. The van der Waals surface area contributed by atoms with Crippen molar-refractivity contribution < 1.29 is 9.18 Å². The zero-order valence-corrected chi connectivity index (χ0v) is 18.2. The number of carbonyl (C=O) groups is 1. The molecule has 0 aliphatic rings. The zero-order valence-electron chi connectivity index (χ0n) is 16.7. The third-order valence-electron chi connectivity index (χ3n) is 4.92. The van der Waals surface area contributed by atoms with Gasteiger partial charge in [0.25, 0.3) is 5.91 Å². The maximum absolute atomic E-state index is 13.1. The lowest BCUT2D eigenvalue weighted by atomic mass is 10.1. The van der Waals surface area contributed by atoms with E-state index in [9.17, 15) is 9.18 Å². The van der Waals surface area contributed by atoms with Crippen LogP contribution in [0.3, 0.4) is 0 Å². The van der Waals surface area contributed by atoms with Crippen molar-refractivity contribution in [2.45, 2.75) is 20.4 Å². The highest BCUT2D eigenvalue weighted by atomic mass is 35.5. The van der Waals surface area contributed by atoms with E-state index < -0.39 is 0 Å². The van der Waals surface area contributed by atoms with Crippen LogP contribution in [0, 0.1) is 19.7 Å². The summed E-state index contributed by atoms with van der Waals surface area (Å²) < 4.78 is 14.9. The molecular weight excluding hydrogens is 440 g/mol. The predicted molar refractivity (Wildman–Crippen MR) is 119 cm³/mol. The molecule has 1 amide bonds. The number of anilines is 1. The fourth-order valence-corrected chi connectivity index (χ4v) is 3.70. The molecule has 0 radical (unpaired) electrons. The smallest absolute Gasteiger partial charge is 0.273 e. The van der Waals surface area contributed by atoms with Gasteiger partial charge in [0, 0.05) is 15.6 Å². The van der Waals surface area contributed by atoms with Gasteiger partial charge in [-0.15, -0.1) is 0 Å². The van der Waals surface area contributed by atoms with Crippen molar-refractivity contribution in [2.24, 2.45) is 0 Å². The summed E-state index contributed by atoms with van der Waals surface area (Å²) in [5, 5.41) is 15.4. The molecule has 4 aromatic rings. The number of rotatable bonds is 5. The van der Waals surface area contributed by atoms with Crippen LogP contribution in [0.15, 0.2) is 48.5 Å². The summed E-state index contributed by atoms with van der Waals surface area (Å²) >= 11 is 12.2. The van der Waals surface area contributed by atoms with Crippen LogP contribution in [0.2, 0.25) is 10.0 Å². The van der Waals surface area contributed by atoms with Gasteiger partial charge in [0.1, 0.15) is 11.5 Å². The van der Waals surface area contributed by atoms with Crippen molar-refractivity contribution >= 4 is 34.8 Å². The largest absolute Gasteiger partial charge is 0.318 e. The Kier molecular flexibility index (Phi) is 5.80. The maximum atomic E-state index is 13.1. The number of halogens is 3. The van der Waals surface area contributed by atoms with E-state index in [1.165, 1.54) is 12.1 Å². The van der Waals surface area contributed by atoms with Gasteiger partial charge < -0.3 is 5.32 Å². The lowest BCUT2D eigenvalue weighted by Crippen LogP contribution is -2.14. The summed E-state index contributed by atoms with van der Waals surface area (Å²) in [6.07, 6.45) is 0. The van der Waals surface area contributed by atoms with Gasteiger partial charge in [0.05, 0.1) is 29.3 Å². The average Bonchev–Trinajstić information content (AvgIpc) is 3.32. The minimum atomic E-state index is -0.351. The molecule has 9 heteroatoms. The molecule has 6 nitrogen and oxygen atoms in total. The first-order valence-electron chi connectivity index (χ1n) is 9.42. The van der Waals surface area contributed by atoms with Crippen LogP contribution in [-0.4, -0.2) is 25.9 Å². The topological polar surface area (TPSA) is 75.6 Å². The molecule has 0 fully saturated rings. The highest BCUT2D eigenvalue weighted by molar-refractivity contribution is 6.35.